The van der Waals surface area contributed by atoms with Crippen molar-refractivity contribution in [2.24, 2.45) is 5.73 Å². The molecule has 0 aromatic carbocycles. The number of aliphatic hydroxyl groups excluding tert-OH is 2. The smallest absolute Gasteiger partial charge is 0.326 e. The molecule has 0 bridgehead atoms. The van der Waals surface area contributed by atoms with Crippen LogP contribution in [0.3, 0.4) is 0 Å². The lowest BCUT2D eigenvalue weighted by Gasteiger charge is -2.25. The summed E-state index contributed by atoms with van der Waals surface area (Å²) in [7, 11) is 0. The number of nitrogens with two attached hydrogens (primary N) is 1. The van der Waals surface area contributed by atoms with E-state index in [1.54, 1.807) is 0 Å². The van der Waals surface area contributed by atoms with Gasteiger partial charge in [0.2, 0.25) is 17.7 Å². The maximum atomic E-state index is 12.4. The van der Waals surface area contributed by atoms with Crippen LogP contribution in [0.5, 0.6) is 0 Å². The molecule has 0 radical (unpaired) electrons. The Labute approximate surface area is 175 Å². The van der Waals surface area contributed by atoms with Gasteiger partial charge in [-0.25, -0.2) is 4.79 Å². The van der Waals surface area contributed by atoms with Crippen LogP contribution < -0.4 is 21.7 Å². The van der Waals surface area contributed by atoms with Gasteiger partial charge in [0.1, 0.15) is 24.2 Å². The minimum Gasteiger partial charge on any atom is -0.481 e. The van der Waals surface area contributed by atoms with Gasteiger partial charge < -0.3 is 47.2 Å². The van der Waals surface area contributed by atoms with Gasteiger partial charge in [-0.2, -0.15) is 0 Å². The molecule has 5 atom stereocenters. The minimum absolute atomic E-state index is 0.504. The third-order valence-electron chi connectivity index (χ3n) is 3.87. The van der Waals surface area contributed by atoms with E-state index in [1.165, 1.54) is 0 Å². The van der Waals surface area contributed by atoms with Crippen LogP contribution in [0.25, 0.3) is 0 Å². The van der Waals surface area contributed by atoms with Crippen LogP contribution in [-0.4, -0.2) is 98.0 Å². The van der Waals surface area contributed by atoms with Crippen molar-refractivity contribution in [3.63, 3.8) is 0 Å². The van der Waals surface area contributed by atoms with Gasteiger partial charge in [0.15, 0.2) is 0 Å². The molecule has 31 heavy (non-hydrogen) atoms. The molecule has 0 aliphatic heterocycles. The summed E-state index contributed by atoms with van der Waals surface area (Å²) in [5, 5.41) is 51.3. The van der Waals surface area contributed by atoms with E-state index in [0.717, 1.165) is 6.92 Å². The number of carbonyl (C=O) groups is 6. The van der Waals surface area contributed by atoms with Crippen LogP contribution in [0, 0.1) is 0 Å². The molecular formula is C16H26N4O11. The maximum absolute atomic E-state index is 12.4. The maximum Gasteiger partial charge on any atom is 0.326 e. The van der Waals surface area contributed by atoms with Crippen LogP contribution in [-0.2, 0) is 28.8 Å². The van der Waals surface area contributed by atoms with Gasteiger partial charge in [0.25, 0.3) is 0 Å². The topological polar surface area (TPSA) is 266 Å². The molecule has 0 saturated heterocycles. The molecule has 5 unspecified atom stereocenters. The summed E-state index contributed by atoms with van der Waals surface area (Å²) in [5.41, 5.74) is 5.30. The number of carboxylic acids is 3. The van der Waals surface area contributed by atoms with Crippen molar-refractivity contribution >= 4 is 35.6 Å². The number of nitrogens with one attached hydrogen (secondary N) is 3. The Balaban J connectivity index is 5.43. The highest BCUT2D eigenvalue weighted by molar-refractivity contribution is 5.95. The molecule has 0 rings (SSSR count). The first-order valence-corrected chi connectivity index (χ1v) is 8.92. The number of hydrogen-bond acceptors (Lipinski definition) is 9. The molecule has 10 N–H and O–H groups in total. The summed E-state index contributed by atoms with van der Waals surface area (Å²) in [6.45, 7) is 0.338. The lowest BCUT2D eigenvalue weighted by molar-refractivity contribution is -0.144. The fraction of sp³-hybridized carbons (Fsp3) is 0.625. The summed E-state index contributed by atoms with van der Waals surface area (Å²) < 4.78 is 0. The fourth-order valence-electron chi connectivity index (χ4n) is 2.19. The van der Waals surface area contributed by atoms with Crippen molar-refractivity contribution in [2.45, 2.75) is 56.5 Å². The van der Waals surface area contributed by atoms with E-state index in [2.05, 4.69) is 0 Å². The molecule has 176 valence electrons. The van der Waals surface area contributed by atoms with E-state index in [1.807, 2.05) is 16.0 Å². The quantitative estimate of drug-likeness (QED) is 0.121. The zero-order chi connectivity index (χ0) is 24.3. The van der Waals surface area contributed by atoms with Gasteiger partial charge >= 0.3 is 17.9 Å². The van der Waals surface area contributed by atoms with Gasteiger partial charge in [-0.05, 0) is 13.3 Å². The highest BCUT2D eigenvalue weighted by Crippen LogP contribution is 2.03. The van der Waals surface area contributed by atoms with Crippen LogP contribution >= 0.6 is 0 Å². The monoisotopic (exact) mass is 450 g/mol. The Bertz CT molecular complexity index is 697. The second kappa shape index (κ2) is 13.1. The van der Waals surface area contributed by atoms with Crippen LogP contribution in [0.15, 0.2) is 0 Å². The second-order valence-electron chi connectivity index (χ2n) is 6.51. The SMILES string of the molecule is CC(O)C(NC(=O)C(N)CO)C(=O)NC(CC(=O)O)C(=O)NC(CCC(=O)O)C(=O)O. The van der Waals surface area contributed by atoms with Crippen molar-refractivity contribution in [2.75, 3.05) is 6.61 Å². The molecule has 0 aliphatic rings. The fourth-order valence-corrected chi connectivity index (χ4v) is 2.19. The molecule has 0 aliphatic carbocycles. The highest BCUT2D eigenvalue weighted by atomic mass is 16.4. The second-order valence-corrected chi connectivity index (χ2v) is 6.51. The Morgan fingerprint density at radius 3 is 1.81 bits per heavy atom. The Kier molecular flexibility index (Phi) is 11.7. The predicted molar refractivity (Wildman–Crippen MR) is 99.3 cm³/mol. The third kappa shape index (κ3) is 10.3. The molecule has 0 aromatic heterocycles. The molecule has 15 nitrogen and oxygen atoms in total. The number of carbonyl (C=O) groups excluding carboxylic acids is 3. The van der Waals surface area contributed by atoms with E-state index in [9.17, 15) is 33.9 Å². The largest absolute Gasteiger partial charge is 0.481 e. The van der Waals surface area contributed by atoms with Crippen molar-refractivity contribution in [1.29, 1.82) is 0 Å². The van der Waals surface area contributed by atoms with E-state index in [-0.39, 0.29) is 0 Å². The first-order chi connectivity index (χ1) is 14.3. The molecule has 15 heteroatoms. The molecule has 0 aromatic rings. The minimum atomic E-state index is -1.82. The van der Waals surface area contributed by atoms with Gasteiger partial charge in [0, 0.05) is 6.42 Å². The van der Waals surface area contributed by atoms with Gasteiger partial charge in [-0.15, -0.1) is 0 Å². The number of rotatable bonds is 14. The molecular weight excluding hydrogens is 424 g/mol. The summed E-state index contributed by atoms with van der Waals surface area (Å²) >= 11 is 0. The van der Waals surface area contributed by atoms with Crippen molar-refractivity contribution in [1.82, 2.24) is 16.0 Å². The Hall–Kier alpha value is -3.30. The molecule has 0 heterocycles. The molecule has 0 saturated carbocycles. The number of aliphatic hydroxyl groups is 2. The average molecular weight is 450 g/mol. The van der Waals surface area contributed by atoms with Crippen LogP contribution in [0.2, 0.25) is 0 Å². The van der Waals surface area contributed by atoms with E-state index in [4.69, 9.17) is 26.2 Å². The summed E-state index contributed by atoms with van der Waals surface area (Å²) in [6.07, 6.45) is -3.62. The van der Waals surface area contributed by atoms with Gasteiger partial charge in [-0.3, -0.25) is 24.0 Å². The third-order valence-corrected chi connectivity index (χ3v) is 3.87. The molecule has 0 fully saturated rings. The lowest BCUT2D eigenvalue weighted by atomic mass is 10.1. The van der Waals surface area contributed by atoms with Crippen LogP contribution in [0.1, 0.15) is 26.2 Å². The van der Waals surface area contributed by atoms with Crippen LogP contribution in [0.4, 0.5) is 0 Å². The van der Waals surface area contributed by atoms with Gasteiger partial charge in [-0.1, -0.05) is 0 Å². The van der Waals surface area contributed by atoms with E-state index in [0.29, 0.717) is 0 Å². The Morgan fingerprint density at radius 2 is 1.39 bits per heavy atom. The average Bonchev–Trinajstić information content (AvgIpc) is 2.66. The standard InChI is InChI=1S/C16H26N4O11/c1-6(22)12(20-13(27)7(17)5-21)15(29)19-9(4-11(25)26)14(28)18-8(16(30)31)2-3-10(23)24/h6-9,12,21-22H,2-5,17H2,1H3,(H,18,28)(H,19,29)(H,20,27)(H,23,24)(H,25,26)(H,30,31). The first-order valence-electron chi connectivity index (χ1n) is 8.92. The zero-order valence-electron chi connectivity index (χ0n) is 16.5. The van der Waals surface area contributed by atoms with E-state index < -0.39 is 91.8 Å². The summed E-state index contributed by atoms with van der Waals surface area (Å²) in [6, 6.07) is -6.60. The number of hydrogen-bond donors (Lipinski definition) is 9. The first kappa shape index (κ1) is 27.7. The normalized spacial score (nSPS) is 15.5. The molecule has 3 amide bonds. The number of amides is 3. The summed E-state index contributed by atoms with van der Waals surface area (Å²) in [4.78, 5) is 69.4. The van der Waals surface area contributed by atoms with Crippen molar-refractivity contribution in [3.8, 4) is 0 Å². The number of aliphatic carboxylic acids is 3. The highest BCUT2D eigenvalue weighted by Gasteiger charge is 2.33. The van der Waals surface area contributed by atoms with Crippen molar-refractivity contribution < 1.29 is 54.3 Å². The number of carboxylic acid groups (broad SMARTS) is 3. The Morgan fingerprint density at radius 1 is 0.839 bits per heavy atom. The predicted octanol–water partition coefficient (Wildman–Crippen LogP) is -4.43. The van der Waals surface area contributed by atoms with E-state index >= 15 is 0 Å². The molecule has 0 spiro atoms. The summed E-state index contributed by atoms with van der Waals surface area (Å²) in [5.74, 6) is -7.89. The van der Waals surface area contributed by atoms with Crippen molar-refractivity contribution in [3.05, 3.63) is 0 Å². The van der Waals surface area contributed by atoms with Gasteiger partial charge in [0.05, 0.1) is 19.1 Å². The lowest BCUT2D eigenvalue weighted by Crippen LogP contribution is -2.60. The zero-order valence-corrected chi connectivity index (χ0v) is 16.5.